The lowest BCUT2D eigenvalue weighted by atomic mass is 10.00. The SMILES string of the molecule is Cc1cc(C)n(Cc2ccc(C(=O)N3CCCc4cc(OC(F)(F)F)ccc43)cc2)n1. The van der Waals surface area contributed by atoms with Crippen molar-refractivity contribution in [2.75, 3.05) is 11.4 Å². The Morgan fingerprint density at radius 3 is 2.48 bits per heavy atom. The molecule has 2 aromatic carbocycles. The number of alkyl halides is 3. The van der Waals surface area contributed by atoms with E-state index < -0.39 is 6.36 Å². The Morgan fingerprint density at radius 1 is 1.10 bits per heavy atom. The van der Waals surface area contributed by atoms with Gasteiger partial charge in [0, 0.05) is 23.5 Å². The lowest BCUT2D eigenvalue weighted by Gasteiger charge is -2.30. The molecule has 1 amide bonds. The van der Waals surface area contributed by atoms with Gasteiger partial charge in [0.25, 0.3) is 5.91 Å². The minimum atomic E-state index is -4.74. The van der Waals surface area contributed by atoms with Gasteiger partial charge in [0.2, 0.25) is 0 Å². The topological polar surface area (TPSA) is 47.4 Å². The van der Waals surface area contributed by atoms with Crippen molar-refractivity contribution in [3.8, 4) is 5.75 Å². The van der Waals surface area contributed by atoms with Crippen molar-refractivity contribution in [3.05, 3.63) is 76.6 Å². The first-order valence-corrected chi connectivity index (χ1v) is 10.0. The van der Waals surface area contributed by atoms with Gasteiger partial charge in [-0.1, -0.05) is 12.1 Å². The number of halogens is 3. The van der Waals surface area contributed by atoms with E-state index in [2.05, 4.69) is 9.84 Å². The number of aryl methyl sites for hydroxylation is 3. The molecule has 0 N–H and O–H groups in total. The van der Waals surface area contributed by atoms with Gasteiger partial charge in [-0.2, -0.15) is 5.10 Å². The standard InChI is InChI=1S/C23H22F3N3O2/c1-15-12-16(2)29(27-15)14-17-5-7-18(8-6-17)22(30)28-11-3-4-19-13-20(9-10-21(19)28)31-23(24,25)26/h5-10,12-13H,3-4,11,14H2,1-2H3. The molecular formula is C23H22F3N3O2. The Kier molecular flexibility index (Phi) is 5.47. The zero-order valence-electron chi connectivity index (χ0n) is 17.2. The van der Waals surface area contributed by atoms with Crippen molar-refractivity contribution in [2.45, 2.75) is 39.6 Å². The summed E-state index contributed by atoms with van der Waals surface area (Å²) in [4.78, 5) is 14.7. The number of carbonyl (C=O) groups excluding carboxylic acids is 1. The lowest BCUT2D eigenvalue weighted by molar-refractivity contribution is -0.274. The van der Waals surface area contributed by atoms with E-state index in [0.29, 0.717) is 42.7 Å². The van der Waals surface area contributed by atoms with Gasteiger partial charge >= 0.3 is 6.36 Å². The summed E-state index contributed by atoms with van der Waals surface area (Å²) < 4.78 is 43.4. The number of aromatic nitrogens is 2. The van der Waals surface area contributed by atoms with E-state index in [-0.39, 0.29) is 11.7 Å². The molecule has 162 valence electrons. The molecule has 0 unspecified atom stereocenters. The number of rotatable bonds is 4. The molecule has 31 heavy (non-hydrogen) atoms. The highest BCUT2D eigenvalue weighted by molar-refractivity contribution is 6.06. The molecule has 1 aliphatic rings. The number of anilines is 1. The Balaban J connectivity index is 1.52. The van der Waals surface area contributed by atoms with Crippen LogP contribution in [-0.2, 0) is 13.0 Å². The Morgan fingerprint density at radius 2 is 1.84 bits per heavy atom. The molecule has 4 rings (SSSR count). The fourth-order valence-electron chi connectivity index (χ4n) is 3.90. The summed E-state index contributed by atoms with van der Waals surface area (Å²) >= 11 is 0. The van der Waals surface area contributed by atoms with Crippen LogP contribution in [0.2, 0.25) is 0 Å². The van der Waals surface area contributed by atoms with Crippen LogP contribution >= 0.6 is 0 Å². The third-order valence-corrected chi connectivity index (χ3v) is 5.28. The summed E-state index contributed by atoms with van der Waals surface area (Å²) in [5.74, 6) is -0.447. The lowest BCUT2D eigenvalue weighted by Crippen LogP contribution is -2.35. The van der Waals surface area contributed by atoms with Gasteiger partial charge in [-0.3, -0.25) is 9.48 Å². The normalized spacial score (nSPS) is 13.8. The highest BCUT2D eigenvalue weighted by atomic mass is 19.4. The number of nitrogens with zero attached hydrogens (tertiary/aromatic N) is 3. The minimum absolute atomic E-state index is 0.178. The summed E-state index contributed by atoms with van der Waals surface area (Å²) in [6, 6.07) is 13.5. The molecule has 3 aromatic rings. The molecule has 0 saturated carbocycles. The van der Waals surface area contributed by atoms with E-state index in [4.69, 9.17) is 0 Å². The predicted molar refractivity (Wildman–Crippen MR) is 110 cm³/mol. The Bertz CT molecular complexity index is 1100. The number of ether oxygens (including phenoxy) is 1. The van der Waals surface area contributed by atoms with Crippen LogP contribution in [-0.4, -0.2) is 28.6 Å². The number of benzene rings is 2. The number of hydrogen-bond donors (Lipinski definition) is 0. The van der Waals surface area contributed by atoms with Crippen LogP contribution in [0.5, 0.6) is 5.75 Å². The van der Waals surface area contributed by atoms with Gasteiger partial charge in [-0.15, -0.1) is 13.2 Å². The second kappa shape index (κ2) is 8.09. The highest BCUT2D eigenvalue weighted by Crippen LogP contribution is 2.33. The van der Waals surface area contributed by atoms with E-state index in [0.717, 1.165) is 17.0 Å². The second-order valence-electron chi connectivity index (χ2n) is 7.68. The molecule has 1 aromatic heterocycles. The summed E-state index contributed by atoms with van der Waals surface area (Å²) in [6.45, 7) is 5.07. The van der Waals surface area contributed by atoms with Gasteiger partial charge in [0.05, 0.1) is 12.2 Å². The molecule has 8 heteroatoms. The first-order valence-electron chi connectivity index (χ1n) is 10.0. The van der Waals surface area contributed by atoms with E-state index >= 15 is 0 Å². The van der Waals surface area contributed by atoms with E-state index in [1.165, 1.54) is 18.2 Å². The molecule has 0 fully saturated rings. The quantitative estimate of drug-likeness (QED) is 0.584. The highest BCUT2D eigenvalue weighted by Gasteiger charge is 2.32. The summed E-state index contributed by atoms with van der Waals surface area (Å²) in [6.07, 6.45) is -3.48. The predicted octanol–water partition coefficient (Wildman–Crippen LogP) is 5.04. The summed E-state index contributed by atoms with van der Waals surface area (Å²) in [5, 5.41) is 4.45. The van der Waals surface area contributed by atoms with Gasteiger partial charge in [-0.25, -0.2) is 0 Å². The molecule has 0 aliphatic carbocycles. The molecule has 5 nitrogen and oxygen atoms in total. The van der Waals surface area contributed by atoms with Gasteiger partial charge < -0.3 is 9.64 Å². The Labute approximate surface area is 178 Å². The van der Waals surface area contributed by atoms with Crippen molar-refractivity contribution in [3.63, 3.8) is 0 Å². The van der Waals surface area contributed by atoms with Crippen LogP contribution in [0, 0.1) is 13.8 Å². The fourth-order valence-corrected chi connectivity index (χ4v) is 3.90. The van der Waals surface area contributed by atoms with Crippen molar-refractivity contribution < 1.29 is 22.7 Å². The zero-order chi connectivity index (χ0) is 22.2. The van der Waals surface area contributed by atoms with Gasteiger partial charge in [0.1, 0.15) is 5.75 Å². The molecule has 2 heterocycles. The first kappa shape index (κ1) is 21.0. The molecule has 0 spiro atoms. The molecule has 0 saturated heterocycles. The van der Waals surface area contributed by atoms with E-state index in [9.17, 15) is 18.0 Å². The molecular weight excluding hydrogens is 407 g/mol. The van der Waals surface area contributed by atoms with E-state index in [1.807, 2.05) is 36.7 Å². The van der Waals surface area contributed by atoms with Gasteiger partial charge in [-0.05, 0) is 74.2 Å². The van der Waals surface area contributed by atoms with Crippen LogP contribution in [0.15, 0.2) is 48.5 Å². The minimum Gasteiger partial charge on any atom is -0.406 e. The maximum absolute atomic E-state index is 13.1. The first-order chi connectivity index (χ1) is 14.7. The molecule has 0 radical (unpaired) electrons. The smallest absolute Gasteiger partial charge is 0.406 e. The third-order valence-electron chi connectivity index (χ3n) is 5.28. The fraction of sp³-hybridized carbons (Fsp3) is 0.304. The average molecular weight is 429 g/mol. The van der Waals surface area contributed by atoms with E-state index in [1.54, 1.807) is 17.0 Å². The average Bonchev–Trinajstić information content (AvgIpc) is 3.03. The zero-order valence-corrected chi connectivity index (χ0v) is 17.2. The third kappa shape index (κ3) is 4.73. The van der Waals surface area contributed by atoms with Crippen molar-refractivity contribution in [1.82, 2.24) is 9.78 Å². The maximum atomic E-state index is 13.1. The molecule has 0 atom stereocenters. The van der Waals surface area contributed by atoms with Gasteiger partial charge in [0.15, 0.2) is 0 Å². The maximum Gasteiger partial charge on any atom is 0.573 e. The summed E-state index contributed by atoms with van der Waals surface area (Å²) in [5.41, 5.74) is 4.87. The second-order valence-corrected chi connectivity index (χ2v) is 7.68. The van der Waals surface area contributed by atoms with Crippen LogP contribution in [0.25, 0.3) is 0 Å². The van der Waals surface area contributed by atoms with Crippen LogP contribution < -0.4 is 9.64 Å². The largest absolute Gasteiger partial charge is 0.573 e. The number of amides is 1. The van der Waals surface area contributed by atoms with Crippen molar-refractivity contribution in [1.29, 1.82) is 0 Å². The molecule has 0 bridgehead atoms. The summed E-state index contributed by atoms with van der Waals surface area (Å²) in [7, 11) is 0. The van der Waals surface area contributed by atoms with Crippen LogP contribution in [0.1, 0.15) is 39.3 Å². The monoisotopic (exact) mass is 429 g/mol. The number of hydrogen-bond acceptors (Lipinski definition) is 3. The number of fused-ring (bicyclic) bond motifs is 1. The van der Waals surface area contributed by atoms with Crippen LogP contribution in [0.4, 0.5) is 18.9 Å². The number of carbonyl (C=O) groups is 1. The Hall–Kier alpha value is -3.29. The van der Waals surface area contributed by atoms with Crippen LogP contribution in [0.3, 0.4) is 0 Å². The molecule has 1 aliphatic heterocycles. The van der Waals surface area contributed by atoms with Crippen molar-refractivity contribution >= 4 is 11.6 Å². The van der Waals surface area contributed by atoms with Crippen molar-refractivity contribution in [2.24, 2.45) is 0 Å².